The predicted molar refractivity (Wildman–Crippen MR) is 82.4 cm³/mol. The highest BCUT2D eigenvalue weighted by Crippen LogP contribution is 2.27. The van der Waals surface area contributed by atoms with E-state index in [2.05, 4.69) is 4.98 Å². The van der Waals surface area contributed by atoms with Crippen LogP contribution in [-0.2, 0) is 12.5 Å². The number of alkyl halides is 1. The first-order chi connectivity index (χ1) is 10.2. The number of methoxy groups -OCH3 is 2. The van der Waals surface area contributed by atoms with Crippen molar-refractivity contribution in [1.29, 1.82) is 0 Å². The van der Waals surface area contributed by atoms with Crippen LogP contribution in [0.3, 0.4) is 0 Å². The third-order valence-electron chi connectivity index (χ3n) is 3.01. The lowest BCUT2D eigenvalue weighted by Gasteiger charge is -2.12. The molecule has 112 valence electrons. The van der Waals surface area contributed by atoms with Gasteiger partial charge in [0.05, 0.1) is 25.8 Å². The summed E-state index contributed by atoms with van der Waals surface area (Å²) in [5.74, 6) is 2.58. The lowest BCUT2D eigenvalue weighted by atomic mass is 10.2. The highest BCUT2D eigenvalue weighted by molar-refractivity contribution is 6.17. The number of aromatic nitrogens is 1. The van der Waals surface area contributed by atoms with Gasteiger partial charge in [0.25, 0.3) is 0 Å². The van der Waals surface area contributed by atoms with Crippen molar-refractivity contribution in [3.05, 3.63) is 47.3 Å². The molecule has 1 aromatic carbocycles. The minimum Gasteiger partial charge on any atom is -0.497 e. The fourth-order valence-electron chi connectivity index (χ4n) is 1.95. The number of halogens is 1. The Hall–Kier alpha value is -1.94. The van der Waals surface area contributed by atoms with Crippen LogP contribution in [0.5, 0.6) is 17.2 Å². The normalized spacial score (nSPS) is 10.3. The van der Waals surface area contributed by atoms with Gasteiger partial charge in [-0.05, 0) is 13.0 Å². The Balaban J connectivity index is 2.17. The maximum absolute atomic E-state index is 5.93. The number of nitrogens with zero attached hydrogens (tertiary/aromatic N) is 1. The molecular formula is C16H18ClNO3. The number of ether oxygens (including phenoxy) is 3. The zero-order valence-corrected chi connectivity index (χ0v) is 13.1. The number of benzene rings is 1. The van der Waals surface area contributed by atoms with Gasteiger partial charge in [0.15, 0.2) is 0 Å². The van der Waals surface area contributed by atoms with Crippen LogP contribution < -0.4 is 14.2 Å². The molecule has 0 saturated heterocycles. The summed E-state index contributed by atoms with van der Waals surface area (Å²) in [5, 5.41) is 0. The molecule has 0 atom stereocenters. The van der Waals surface area contributed by atoms with Gasteiger partial charge in [0.2, 0.25) is 0 Å². The van der Waals surface area contributed by atoms with Gasteiger partial charge in [-0.2, -0.15) is 0 Å². The summed E-state index contributed by atoms with van der Waals surface area (Å²) >= 11 is 5.93. The van der Waals surface area contributed by atoms with Gasteiger partial charge in [-0.1, -0.05) is 6.07 Å². The van der Waals surface area contributed by atoms with Gasteiger partial charge in [-0.25, -0.2) is 0 Å². The molecule has 0 amide bonds. The van der Waals surface area contributed by atoms with Crippen molar-refractivity contribution >= 4 is 11.6 Å². The second kappa shape index (κ2) is 7.18. The van der Waals surface area contributed by atoms with E-state index in [0.717, 1.165) is 28.5 Å². The van der Waals surface area contributed by atoms with E-state index in [1.807, 2.05) is 37.3 Å². The molecule has 0 spiro atoms. The maximum Gasteiger partial charge on any atom is 0.130 e. The van der Waals surface area contributed by atoms with Crippen molar-refractivity contribution in [3.63, 3.8) is 0 Å². The van der Waals surface area contributed by atoms with Crippen molar-refractivity contribution in [2.75, 3.05) is 14.2 Å². The van der Waals surface area contributed by atoms with Gasteiger partial charge in [-0.15, -0.1) is 11.6 Å². The van der Waals surface area contributed by atoms with E-state index in [4.69, 9.17) is 25.8 Å². The molecule has 0 aliphatic heterocycles. The van der Waals surface area contributed by atoms with Gasteiger partial charge in [-0.3, -0.25) is 4.98 Å². The lowest BCUT2D eigenvalue weighted by molar-refractivity contribution is 0.295. The second-order valence-electron chi connectivity index (χ2n) is 4.54. The van der Waals surface area contributed by atoms with Crippen molar-refractivity contribution in [1.82, 2.24) is 4.98 Å². The van der Waals surface area contributed by atoms with Crippen LogP contribution >= 0.6 is 11.6 Å². The zero-order valence-electron chi connectivity index (χ0n) is 12.4. The van der Waals surface area contributed by atoms with Gasteiger partial charge in [0, 0.05) is 29.5 Å². The maximum atomic E-state index is 5.93. The Morgan fingerprint density at radius 2 is 1.81 bits per heavy atom. The summed E-state index contributed by atoms with van der Waals surface area (Å²) in [6, 6.07) is 9.31. The van der Waals surface area contributed by atoms with Crippen molar-refractivity contribution in [2.45, 2.75) is 19.4 Å². The Morgan fingerprint density at radius 3 is 2.48 bits per heavy atom. The number of pyridine rings is 1. The van der Waals surface area contributed by atoms with E-state index < -0.39 is 0 Å². The highest BCUT2D eigenvalue weighted by atomic mass is 35.5. The minimum atomic E-state index is 0.342. The summed E-state index contributed by atoms with van der Waals surface area (Å²) in [6.45, 7) is 2.26. The molecule has 4 nitrogen and oxygen atoms in total. The molecule has 1 heterocycles. The molecule has 2 aromatic rings. The van der Waals surface area contributed by atoms with Gasteiger partial charge < -0.3 is 14.2 Å². The molecule has 0 aliphatic rings. The second-order valence-corrected chi connectivity index (χ2v) is 4.80. The SMILES string of the molecule is COc1cc(C)nc(COc2cc(OC)ccc2CCl)c1. The average molecular weight is 308 g/mol. The average Bonchev–Trinajstić information content (AvgIpc) is 2.51. The number of aryl methyl sites for hydroxylation is 1. The molecule has 5 heteroatoms. The molecule has 0 fully saturated rings. The van der Waals surface area contributed by atoms with E-state index in [0.29, 0.717) is 18.2 Å². The Labute approximate surface area is 129 Å². The predicted octanol–water partition coefficient (Wildman–Crippen LogP) is 3.73. The summed E-state index contributed by atoms with van der Waals surface area (Å²) < 4.78 is 16.3. The molecule has 1 aromatic heterocycles. The molecule has 2 rings (SSSR count). The van der Waals surface area contributed by atoms with Crippen molar-refractivity contribution < 1.29 is 14.2 Å². The molecule has 0 aliphatic carbocycles. The Bertz CT molecular complexity index is 616. The standard InChI is InChI=1S/C16H18ClNO3/c1-11-6-15(20-3)7-13(18-11)10-21-16-8-14(19-2)5-4-12(16)9-17/h4-8H,9-10H2,1-3H3. The molecule has 0 N–H and O–H groups in total. The quantitative estimate of drug-likeness (QED) is 0.763. The fraction of sp³-hybridized carbons (Fsp3) is 0.312. The number of hydrogen-bond donors (Lipinski definition) is 0. The van der Waals surface area contributed by atoms with E-state index >= 15 is 0 Å². The van der Waals surface area contributed by atoms with Crippen molar-refractivity contribution in [2.24, 2.45) is 0 Å². The highest BCUT2D eigenvalue weighted by Gasteiger charge is 2.07. The van der Waals surface area contributed by atoms with Gasteiger partial charge >= 0.3 is 0 Å². The fourth-order valence-corrected chi connectivity index (χ4v) is 2.17. The zero-order chi connectivity index (χ0) is 15.2. The Kier molecular flexibility index (Phi) is 5.28. The van der Waals surface area contributed by atoms with Crippen LogP contribution in [0.15, 0.2) is 30.3 Å². The molecular weight excluding hydrogens is 290 g/mol. The van der Waals surface area contributed by atoms with E-state index in [9.17, 15) is 0 Å². The molecule has 0 radical (unpaired) electrons. The van der Waals surface area contributed by atoms with Crippen LogP contribution in [0.25, 0.3) is 0 Å². The topological polar surface area (TPSA) is 40.6 Å². The minimum absolute atomic E-state index is 0.342. The van der Waals surface area contributed by atoms with Crippen LogP contribution in [0, 0.1) is 6.92 Å². The van der Waals surface area contributed by atoms with E-state index in [1.165, 1.54) is 0 Å². The van der Waals surface area contributed by atoms with E-state index in [1.54, 1.807) is 14.2 Å². The smallest absolute Gasteiger partial charge is 0.130 e. The van der Waals surface area contributed by atoms with Crippen molar-refractivity contribution in [3.8, 4) is 17.2 Å². The monoisotopic (exact) mass is 307 g/mol. The number of rotatable bonds is 6. The first-order valence-electron chi connectivity index (χ1n) is 6.53. The summed E-state index contributed by atoms with van der Waals surface area (Å²) in [6.07, 6.45) is 0. The Morgan fingerprint density at radius 1 is 1.05 bits per heavy atom. The lowest BCUT2D eigenvalue weighted by Crippen LogP contribution is -2.02. The third kappa shape index (κ3) is 4.02. The first kappa shape index (κ1) is 15.4. The molecule has 0 unspecified atom stereocenters. The van der Waals surface area contributed by atoms with Crippen LogP contribution in [-0.4, -0.2) is 19.2 Å². The summed E-state index contributed by atoms with van der Waals surface area (Å²) in [7, 11) is 3.25. The van der Waals surface area contributed by atoms with E-state index in [-0.39, 0.29) is 0 Å². The van der Waals surface area contributed by atoms with Crippen LogP contribution in [0.4, 0.5) is 0 Å². The first-order valence-corrected chi connectivity index (χ1v) is 7.07. The molecule has 0 bridgehead atoms. The van der Waals surface area contributed by atoms with Gasteiger partial charge in [0.1, 0.15) is 23.9 Å². The summed E-state index contributed by atoms with van der Waals surface area (Å²) in [5.41, 5.74) is 2.60. The molecule has 0 saturated carbocycles. The largest absolute Gasteiger partial charge is 0.497 e. The number of hydrogen-bond acceptors (Lipinski definition) is 4. The van der Waals surface area contributed by atoms with Crippen LogP contribution in [0.2, 0.25) is 0 Å². The van der Waals surface area contributed by atoms with Crippen LogP contribution in [0.1, 0.15) is 17.0 Å². The summed E-state index contributed by atoms with van der Waals surface area (Å²) in [4.78, 5) is 4.43. The molecule has 21 heavy (non-hydrogen) atoms. The third-order valence-corrected chi connectivity index (χ3v) is 3.30.